The lowest BCUT2D eigenvalue weighted by molar-refractivity contribution is 0.102. The van der Waals surface area contributed by atoms with Crippen LogP contribution in [0.3, 0.4) is 0 Å². The van der Waals surface area contributed by atoms with Crippen molar-refractivity contribution in [3.05, 3.63) is 69.8 Å². The van der Waals surface area contributed by atoms with Crippen molar-refractivity contribution >= 4 is 39.1 Å². The number of rotatable bonds is 6. The maximum Gasteiger partial charge on any atom is 0.257 e. The number of amides is 1. The maximum absolute atomic E-state index is 12.5. The minimum absolute atomic E-state index is 0.356. The summed E-state index contributed by atoms with van der Waals surface area (Å²) in [4.78, 5) is 16.7. The minimum atomic E-state index is -0.359. The molecule has 3 rings (SSSR count). The molecule has 144 valence electrons. The number of halogens is 2. The molecule has 0 radical (unpaired) electrons. The highest BCUT2D eigenvalue weighted by Gasteiger charge is 2.14. The second-order valence-corrected chi connectivity index (χ2v) is 6.91. The first-order valence-electron chi connectivity index (χ1n) is 8.12. The van der Waals surface area contributed by atoms with Crippen LogP contribution in [0.15, 0.2) is 59.2 Å². The van der Waals surface area contributed by atoms with Crippen LogP contribution in [0.4, 0.5) is 5.69 Å². The second kappa shape index (κ2) is 8.95. The van der Waals surface area contributed by atoms with E-state index in [1.165, 1.54) is 20.4 Å². The topological polar surface area (TPSA) is 69.7 Å². The molecule has 3 aromatic rings. The Morgan fingerprint density at radius 3 is 2.36 bits per heavy atom. The summed E-state index contributed by atoms with van der Waals surface area (Å²) in [6, 6.07) is 13.8. The monoisotopic (exact) mass is 462 g/mol. The van der Waals surface area contributed by atoms with Crippen molar-refractivity contribution < 1.29 is 19.0 Å². The molecule has 1 amide bonds. The number of methoxy groups -OCH3 is 2. The van der Waals surface area contributed by atoms with Gasteiger partial charge in [-0.25, -0.2) is 4.98 Å². The van der Waals surface area contributed by atoms with E-state index in [9.17, 15) is 4.79 Å². The quantitative estimate of drug-likeness (QED) is 0.518. The summed E-state index contributed by atoms with van der Waals surface area (Å²) in [6.45, 7) is 0. The molecule has 1 N–H and O–H groups in total. The Labute approximate surface area is 175 Å². The largest absolute Gasteiger partial charge is 0.495 e. The van der Waals surface area contributed by atoms with Crippen molar-refractivity contribution in [3.63, 3.8) is 0 Å². The second-order valence-electron chi connectivity index (χ2n) is 5.58. The number of carbonyl (C=O) groups is 1. The molecule has 0 unspecified atom stereocenters. The molecular formula is C20H16BrClN2O4. The van der Waals surface area contributed by atoms with Gasteiger partial charge in [0, 0.05) is 22.8 Å². The molecule has 0 bridgehead atoms. The predicted octanol–water partition coefficient (Wildman–Crippen LogP) is 5.56. The number of hydrogen-bond donors (Lipinski definition) is 1. The fraction of sp³-hybridized carbons (Fsp3) is 0.100. The molecule has 0 aliphatic heterocycles. The summed E-state index contributed by atoms with van der Waals surface area (Å²) in [6.07, 6.45) is 1.43. The van der Waals surface area contributed by atoms with Crippen LogP contribution in [0.25, 0.3) is 0 Å². The van der Waals surface area contributed by atoms with E-state index in [1.54, 1.807) is 24.3 Å². The molecule has 0 saturated carbocycles. The third-order valence-corrected chi connectivity index (χ3v) is 4.58. The van der Waals surface area contributed by atoms with Gasteiger partial charge in [0.1, 0.15) is 17.2 Å². The number of anilines is 1. The molecule has 0 aliphatic rings. The van der Waals surface area contributed by atoms with Crippen LogP contribution >= 0.6 is 27.5 Å². The van der Waals surface area contributed by atoms with E-state index in [4.69, 9.17) is 25.8 Å². The van der Waals surface area contributed by atoms with Crippen LogP contribution < -0.4 is 19.5 Å². The highest BCUT2D eigenvalue weighted by molar-refractivity contribution is 9.10. The number of pyridine rings is 1. The van der Waals surface area contributed by atoms with Crippen molar-refractivity contribution in [2.75, 3.05) is 19.5 Å². The first-order valence-corrected chi connectivity index (χ1v) is 9.29. The number of nitrogens with zero attached hydrogens (tertiary/aromatic N) is 1. The van der Waals surface area contributed by atoms with E-state index in [0.29, 0.717) is 39.4 Å². The van der Waals surface area contributed by atoms with Gasteiger partial charge in [-0.3, -0.25) is 4.79 Å². The first kappa shape index (κ1) is 20.0. The Morgan fingerprint density at radius 2 is 1.75 bits per heavy atom. The van der Waals surface area contributed by atoms with Gasteiger partial charge in [0.15, 0.2) is 0 Å². The Morgan fingerprint density at radius 1 is 1.04 bits per heavy atom. The molecule has 8 heteroatoms. The van der Waals surface area contributed by atoms with Gasteiger partial charge < -0.3 is 19.5 Å². The van der Waals surface area contributed by atoms with Crippen molar-refractivity contribution in [1.82, 2.24) is 4.98 Å². The molecule has 0 spiro atoms. The Hall–Kier alpha value is -2.77. The third kappa shape index (κ3) is 4.74. The average molecular weight is 464 g/mol. The van der Waals surface area contributed by atoms with Crippen molar-refractivity contribution in [1.29, 1.82) is 0 Å². The highest BCUT2D eigenvalue weighted by Crippen LogP contribution is 2.36. The molecule has 1 aromatic heterocycles. The molecule has 0 aliphatic carbocycles. The minimum Gasteiger partial charge on any atom is -0.495 e. The summed E-state index contributed by atoms with van der Waals surface area (Å²) in [5.41, 5.74) is 0.783. The Balaban J connectivity index is 1.73. The first-order chi connectivity index (χ1) is 13.5. The molecule has 6 nitrogen and oxygen atoms in total. The number of nitrogens with one attached hydrogen (secondary N) is 1. The van der Waals surface area contributed by atoms with Crippen LogP contribution in [0, 0.1) is 0 Å². The fourth-order valence-electron chi connectivity index (χ4n) is 2.35. The van der Waals surface area contributed by atoms with Gasteiger partial charge in [-0.15, -0.1) is 0 Å². The number of benzene rings is 2. The van der Waals surface area contributed by atoms with Crippen LogP contribution in [0.5, 0.6) is 23.1 Å². The fourth-order valence-corrected chi connectivity index (χ4v) is 2.86. The molecule has 0 saturated heterocycles. The number of hydrogen-bond acceptors (Lipinski definition) is 5. The lowest BCUT2D eigenvalue weighted by Crippen LogP contribution is -2.13. The van der Waals surface area contributed by atoms with Crippen molar-refractivity contribution in [3.8, 4) is 23.1 Å². The smallest absolute Gasteiger partial charge is 0.257 e. The molecule has 28 heavy (non-hydrogen) atoms. The normalized spacial score (nSPS) is 10.3. The molecule has 1 heterocycles. The maximum atomic E-state index is 12.5. The number of ether oxygens (including phenoxy) is 3. The summed E-state index contributed by atoms with van der Waals surface area (Å²) in [5, 5.41) is 3.11. The Bertz CT molecular complexity index is 979. The van der Waals surface area contributed by atoms with Gasteiger partial charge in [-0.05, 0) is 36.4 Å². The van der Waals surface area contributed by atoms with E-state index < -0.39 is 0 Å². The summed E-state index contributed by atoms with van der Waals surface area (Å²) < 4.78 is 17.0. The summed E-state index contributed by atoms with van der Waals surface area (Å²) in [5.74, 6) is 1.54. The summed E-state index contributed by atoms with van der Waals surface area (Å²) in [7, 11) is 3.00. The van der Waals surface area contributed by atoms with Crippen LogP contribution in [-0.2, 0) is 0 Å². The zero-order valence-electron chi connectivity index (χ0n) is 15.0. The van der Waals surface area contributed by atoms with Crippen LogP contribution in [0.1, 0.15) is 10.4 Å². The van der Waals surface area contributed by atoms with Crippen molar-refractivity contribution in [2.45, 2.75) is 0 Å². The van der Waals surface area contributed by atoms with Gasteiger partial charge >= 0.3 is 0 Å². The molecule has 0 atom stereocenters. The van der Waals surface area contributed by atoms with Crippen LogP contribution in [0.2, 0.25) is 5.02 Å². The lowest BCUT2D eigenvalue weighted by atomic mass is 10.2. The summed E-state index contributed by atoms with van der Waals surface area (Å²) >= 11 is 9.50. The molecular weight excluding hydrogens is 448 g/mol. The molecule has 0 fully saturated rings. The number of carbonyl (C=O) groups excluding carboxylic acids is 1. The van der Waals surface area contributed by atoms with Gasteiger partial charge in [0.2, 0.25) is 5.88 Å². The highest BCUT2D eigenvalue weighted by atomic mass is 79.9. The SMILES string of the molecule is COc1cc(OC)c(NC(=O)c2ccc(Oc3ccc(Br)cc3)nc2)cc1Cl. The van der Waals surface area contributed by atoms with Crippen LogP contribution in [-0.4, -0.2) is 25.1 Å². The lowest BCUT2D eigenvalue weighted by Gasteiger charge is -2.13. The average Bonchev–Trinajstić information content (AvgIpc) is 2.70. The van der Waals surface area contributed by atoms with Gasteiger partial charge in [0.05, 0.1) is 30.5 Å². The predicted molar refractivity (Wildman–Crippen MR) is 111 cm³/mol. The van der Waals surface area contributed by atoms with Gasteiger partial charge in [-0.1, -0.05) is 27.5 Å². The van der Waals surface area contributed by atoms with E-state index in [-0.39, 0.29) is 5.91 Å². The zero-order valence-corrected chi connectivity index (χ0v) is 17.4. The van der Waals surface area contributed by atoms with Gasteiger partial charge in [-0.2, -0.15) is 0 Å². The third-order valence-electron chi connectivity index (χ3n) is 3.76. The Kier molecular flexibility index (Phi) is 6.38. The van der Waals surface area contributed by atoms with E-state index in [2.05, 4.69) is 26.2 Å². The van der Waals surface area contributed by atoms with E-state index in [0.717, 1.165) is 4.47 Å². The van der Waals surface area contributed by atoms with Gasteiger partial charge in [0.25, 0.3) is 5.91 Å². The standard InChI is InChI=1S/C20H16BrClN2O4/c1-26-17-10-18(27-2)16(9-15(17)22)24-20(25)12-3-8-19(23-11-12)28-14-6-4-13(21)5-7-14/h3-11H,1-2H3,(H,24,25). The van der Waals surface area contributed by atoms with E-state index in [1.807, 2.05) is 24.3 Å². The molecule has 2 aromatic carbocycles. The van der Waals surface area contributed by atoms with E-state index >= 15 is 0 Å². The zero-order chi connectivity index (χ0) is 20.1. The van der Waals surface area contributed by atoms with Crippen molar-refractivity contribution in [2.24, 2.45) is 0 Å². The number of aromatic nitrogens is 1.